The lowest BCUT2D eigenvalue weighted by Gasteiger charge is -2.25. The normalized spacial score (nSPS) is 13.1. The fraction of sp³-hybridized carbons (Fsp3) is 0.182. The van der Waals surface area contributed by atoms with Crippen molar-refractivity contribution in [2.45, 2.75) is 12.6 Å². The van der Waals surface area contributed by atoms with E-state index in [1.807, 2.05) is 36.4 Å². The smallest absolute Gasteiger partial charge is 0.232 e. The lowest BCUT2D eigenvalue weighted by atomic mass is 10.2. The molecule has 0 saturated carbocycles. The summed E-state index contributed by atoms with van der Waals surface area (Å²) in [5.74, 6) is 0. The van der Waals surface area contributed by atoms with Gasteiger partial charge in [0.1, 0.15) is 0 Å². The number of anilines is 1. The van der Waals surface area contributed by atoms with Gasteiger partial charge < -0.3 is 9.67 Å². The van der Waals surface area contributed by atoms with Gasteiger partial charge in [0.2, 0.25) is 10.0 Å². The lowest BCUT2D eigenvalue weighted by Crippen LogP contribution is -2.38. The lowest BCUT2D eigenvalue weighted by molar-refractivity contribution is 0.166. The highest BCUT2D eigenvalue weighted by Crippen LogP contribution is 2.29. The van der Waals surface area contributed by atoms with Crippen molar-refractivity contribution in [3.8, 4) is 0 Å². The molecular formula is C22H21BrN2O3S. The monoisotopic (exact) mass is 472 g/mol. The second kappa shape index (κ2) is 7.82. The van der Waals surface area contributed by atoms with Crippen LogP contribution in [0.1, 0.15) is 0 Å². The molecule has 4 aromatic rings. The molecule has 1 N–H and O–H groups in total. The Kier molecular flexibility index (Phi) is 5.38. The highest BCUT2D eigenvalue weighted by Gasteiger charge is 2.22. The summed E-state index contributed by atoms with van der Waals surface area (Å²) in [6, 6.07) is 23.1. The SMILES string of the molecule is CS(=O)(=O)N(C[C@@H](O)Cn1c2ccccc2c2ccccc21)c1ccc(Br)cc1. The van der Waals surface area contributed by atoms with Gasteiger partial charge in [0, 0.05) is 26.3 Å². The van der Waals surface area contributed by atoms with Crippen molar-refractivity contribution in [3.05, 3.63) is 77.3 Å². The second-order valence-electron chi connectivity index (χ2n) is 7.07. The van der Waals surface area contributed by atoms with Crippen molar-refractivity contribution in [2.75, 3.05) is 17.1 Å². The maximum Gasteiger partial charge on any atom is 0.232 e. The number of para-hydroxylation sites is 2. The van der Waals surface area contributed by atoms with Gasteiger partial charge in [0.05, 0.1) is 31.1 Å². The number of halogens is 1. The number of hydrogen-bond acceptors (Lipinski definition) is 3. The van der Waals surface area contributed by atoms with Gasteiger partial charge in [-0.25, -0.2) is 8.42 Å². The summed E-state index contributed by atoms with van der Waals surface area (Å²) in [4.78, 5) is 0. The average molecular weight is 473 g/mol. The number of rotatable bonds is 6. The molecule has 1 atom stereocenters. The Bertz CT molecular complexity index is 1210. The van der Waals surface area contributed by atoms with E-state index < -0.39 is 16.1 Å². The van der Waals surface area contributed by atoms with Crippen LogP contribution in [0.4, 0.5) is 5.69 Å². The molecule has 29 heavy (non-hydrogen) atoms. The molecular weight excluding hydrogens is 452 g/mol. The van der Waals surface area contributed by atoms with E-state index in [1.54, 1.807) is 24.3 Å². The quantitative estimate of drug-likeness (QED) is 0.452. The number of aliphatic hydroxyl groups excluding tert-OH is 1. The van der Waals surface area contributed by atoms with E-state index in [0.29, 0.717) is 5.69 Å². The Morgan fingerprint density at radius 1 is 0.931 bits per heavy atom. The summed E-state index contributed by atoms with van der Waals surface area (Å²) in [6.07, 6.45) is 0.273. The summed E-state index contributed by atoms with van der Waals surface area (Å²) < 4.78 is 28.9. The van der Waals surface area contributed by atoms with Gasteiger partial charge in [-0.1, -0.05) is 52.3 Å². The first-order valence-electron chi connectivity index (χ1n) is 9.22. The molecule has 3 aromatic carbocycles. The summed E-state index contributed by atoms with van der Waals surface area (Å²) in [5, 5.41) is 13.1. The number of aromatic nitrogens is 1. The maximum absolute atomic E-state index is 12.4. The molecule has 1 aromatic heterocycles. The highest BCUT2D eigenvalue weighted by molar-refractivity contribution is 9.10. The van der Waals surface area contributed by atoms with E-state index in [9.17, 15) is 13.5 Å². The summed E-state index contributed by atoms with van der Waals surface area (Å²) in [7, 11) is -3.54. The van der Waals surface area contributed by atoms with Crippen molar-refractivity contribution in [2.24, 2.45) is 0 Å². The first kappa shape index (κ1) is 19.9. The van der Waals surface area contributed by atoms with Crippen LogP contribution in [0.3, 0.4) is 0 Å². The number of aliphatic hydroxyl groups is 1. The Hall–Kier alpha value is -2.35. The van der Waals surface area contributed by atoms with E-state index in [2.05, 4.69) is 32.6 Å². The first-order chi connectivity index (χ1) is 13.8. The molecule has 0 amide bonds. The predicted octanol–water partition coefficient (Wildman–Crippen LogP) is 4.38. The van der Waals surface area contributed by atoms with Gasteiger partial charge in [0.25, 0.3) is 0 Å². The number of hydrogen-bond donors (Lipinski definition) is 1. The Balaban J connectivity index is 1.68. The first-order valence-corrected chi connectivity index (χ1v) is 11.9. The zero-order valence-corrected chi connectivity index (χ0v) is 18.3. The third-order valence-electron chi connectivity index (χ3n) is 4.96. The van der Waals surface area contributed by atoms with Crippen LogP contribution >= 0.6 is 15.9 Å². The summed E-state index contributed by atoms with van der Waals surface area (Å²) in [6.45, 7) is 0.262. The molecule has 0 spiro atoms. The summed E-state index contributed by atoms with van der Waals surface area (Å²) >= 11 is 3.36. The third-order valence-corrected chi connectivity index (χ3v) is 6.65. The molecule has 0 aliphatic carbocycles. The van der Waals surface area contributed by atoms with Gasteiger partial charge in [-0.15, -0.1) is 0 Å². The Morgan fingerprint density at radius 3 is 1.97 bits per heavy atom. The summed E-state index contributed by atoms with van der Waals surface area (Å²) in [5.41, 5.74) is 2.56. The molecule has 1 heterocycles. The molecule has 0 unspecified atom stereocenters. The number of fused-ring (bicyclic) bond motifs is 3. The molecule has 0 bridgehead atoms. The van der Waals surface area contributed by atoms with E-state index in [0.717, 1.165) is 32.5 Å². The van der Waals surface area contributed by atoms with Crippen LogP contribution in [-0.4, -0.2) is 37.0 Å². The van der Waals surface area contributed by atoms with Crippen LogP contribution in [0.15, 0.2) is 77.3 Å². The molecule has 0 aliphatic rings. The second-order valence-corrected chi connectivity index (χ2v) is 9.89. The van der Waals surface area contributed by atoms with Crippen LogP contribution in [-0.2, 0) is 16.6 Å². The van der Waals surface area contributed by atoms with E-state index in [1.165, 1.54) is 4.31 Å². The van der Waals surface area contributed by atoms with Crippen LogP contribution in [0.5, 0.6) is 0 Å². The number of sulfonamides is 1. The molecule has 5 nitrogen and oxygen atoms in total. The molecule has 7 heteroatoms. The van der Waals surface area contributed by atoms with Crippen molar-refractivity contribution in [3.63, 3.8) is 0 Å². The largest absolute Gasteiger partial charge is 0.389 e. The van der Waals surface area contributed by atoms with Crippen LogP contribution in [0.25, 0.3) is 21.8 Å². The molecule has 0 aliphatic heterocycles. The standard InChI is InChI=1S/C22H21BrN2O3S/c1-29(27,28)25(17-12-10-16(23)11-13-17)15-18(26)14-24-21-8-4-2-6-19(21)20-7-3-5-9-22(20)24/h2-13,18,26H,14-15H2,1H3/t18-/m0/s1. The fourth-order valence-electron chi connectivity index (χ4n) is 3.70. The van der Waals surface area contributed by atoms with Crippen LogP contribution in [0.2, 0.25) is 0 Å². The van der Waals surface area contributed by atoms with Gasteiger partial charge in [-0.3, -0.25) is 4.31 Å². The topological polar surface area (TPSA) is 62.5 Å². The van der Waals surface area contributed by atoms with Crippen molar-refractivity contribution in [1.29, 1.82) is 0 Å². The van der Waals surface area contributed by atoms with Crippen molar-refractivity contribution >= 4 is 53.4 Å². The Labute approximate surface area is 178 Å². The Morgan fingerprint density at radius 2 is 1.45 bits per heavy atom. The molecule has 0 fully saturated rings. The van der Waals surface area contributed by atoms with Crippen molar-refractivity contribution in [1.82, 2.24) is 4.57 Å². The van der Waals surface area contributed by atoms with Gasteiger partial charge in [0.15, 0.2) is 0 Å². The minimum atomic E-state index is -3.54. The fourth-order valence-corrected chi connectivity index (χ4v) is 4.91. The van der Waals surface area contributed by atoms with Gasteiger partial charge >= 0.3 is 0 Å². The minimum absolute atomic E-state index is 0.0265. The third kappa shape index (κ3) is 4.03. The highest BCUT2D eigenvalue weighted by atomic mass is 79.9. The van der Waals surface area contributed by atoms with Crippen LogP contribution < -0.4 is 4.31 Å². The zero-order valence-electron chi connectivity index (χ0n) is 15.9. The van der Waals surface area contributed by atoms with E-state index in [4.69, 9.17) is 0 Å². The van der Waals surface area contributed by atoms with Crippen molar-refractivity contribution < 1.29 is 13.5 Å². The molecule has 0 radical (unpaired) electrons. The molecule has 0 saturated heterocycles. The predicted molar refractivity (Wildman–Crippen MR) is 122 cm³/mol. The molecule has 4 rings (SSSR count). The average Bonchev–Trinajstić information content (AvgIpc) is 3.00. The number of benzene rings is 3. The van der Waals surface area contributed by atoms with E-state index >= 15 is 0 Å². The van der Waals surface area contributed by atoms with Gasteiger partial charge in [-0.05, 0) is 36.4 Å². The maximum atomic E-state index is 12.4. The zero-order chi connectivity index (χ0) is 20.6. The number of nitrogens with zero attached hydrogens (tertiary/aromatic N) is 2. The van der Waals surface area contributed by atoms with Crippen LogP contribution in [0, 0.1) is 0 Å². The molecule has 150 valence electrons. The van der Waals surface area contributed by atoms with E-state index in [-0.39, 0.29) is 13.1 Å². The van der Waals surface area contributed by atoms with Gasteiger partial charge in [-0.2, -0.15) is 0 Å². The minimum Gasteiger partial charge on any atom is -0.389 e.